The highest BCUT2D eigenvalue weighted by Crippen LogP contribution is 2.55. The van der Waals surface area contributed by atoms with Gasteiger partial charge >= 0.3 is 5.97 Å². The van der Waals surface area contributed by atoms with E-state index in [2.05, 4.69) is 41.1 Å². The van der Waals surface area contributed by atoms with Crippen LogP contribution in [0.2, 0.25) is 0 Å². The normalized spacial score (nSPS) is 36.1. The predicted molar refractivity (Wildman–Crippen MR) is 97.6 cm³/mol. The summed E-state index contributed by atoms with van der Waals surface area (Å²) < 4.78 is 5.43. The van der Waals surface area contributed by atoms with Gasteiger partial charge in [0, 0.05) is 35.7 Å². The molecule has 3 fully saturated rings. The summed E-state index contributed by atoms with van der Waals surface area (Å²) in [7, 11) is 1.55. The SMILES string of the molecule is CC[C@@H]1C[C@H]2CN3CCc4c([nH]c5ccccc45)[C@](C(=O)OC)(C2)[C@H]13. The van der Waals surface area contributed by atoms with Gasteiger partial charge in [-0.15, -0.1) is 0 Å². The van der Waals surface area contributed by atoms with E-state index in [0.717, 1.165) is 43.6 Å². The second kappa shape index (κ2) is 5.34. The molecule has 25 heavy (non-hydrogen) atoms. The molecular formula is C21H26N2O2. The molecule has 4 heterocycles. The van der Waals surface area contributed by atoms with Gasteiger partial charge < -0.3 is 9.72 Å². The summed E-state index contributed by atoms with van der Waals surface area (Å²) in [6.45, 7) is 4.46. The molecule has 1 aliphatic carbocycles. The molecule has 0 radical (unpaired) electrons. The molecule has 2 aromatic rings. The lowest BCUT2D eigenvalue weighted by Crippen LogP contribution is -2.67. The van der Waals surface area contributed by atoms with Crippen LogP contribution in [0.25, 0.3) is 10.9 Å². The minimum atomic E-state index is -0.526. The molecule has 1 unspecified atom stereocenters. The van der Waals surface area contributed by atoms with Crippen LogP contribution in [0.4, 0.5) is 0 Å². The number of rotatable bonds is 2. The second-order valence-electron chi connectivity index (χ2n) is 8.15. The van der Waals surface area contributed by atoms with Crippen molar-refractivity contribution >= 4 is 16.9 Å². The monoisotopic (exact) mass is 338 g/mol. The molecule has 3 aliphatic heterocycles. The van der Waals surface area contributed by atoms with Crippen molar-refractivity contribution in [3.8, 4) is 0 Å². The molecular weight excluding hydrogens is 312 g/mol. The number of benzene rings is 1. The molecule has 4 nitrogen and oxygen atoms in total. The number of aromatic nitrogens is 1. The third kappa shape index (κ3) is 1.89. The van der Waals surface area contributed by atoms with E-state index in [9.17, 15) is 4.79 Å². The maximum Gasteiger partial charge on any atom is 0.319 e. The molecule has 1 N–H and O–H groups in total. The number of aromatic amines is 1. The van der Waals surface area contributed by atoms with E-state index < -0.39 is 5.41 Å². The van der Waals surface area contributed by atoms with Crippen molar-refractivity contribution in [3.63, 3.8) is 0 Å². The molecule has 5 atom stereocenters. The zero-order chi connectivity index (χ0) is 17.2. The van der Waals surface area contributed by atoms with Gasteiger partial charge in [-0.3, -0.25) is 9.69 Å². The maximum absolute atomic E-state index is 13.3. The highest BCUT2D eigenvalue weighted by atomic mass is 16.5. The summed E-state index contributed by atoms with van der Waals surface area (Å²) >= 11 is 0. The maximum atomic E-state index is 13.3. The molecule has 1 aromatic carbocycles. The predicted octanol–water partition coefficient (Wildman–Crippen LogP) is 3.26. The van der Waals surface area contributed by atoms with Gasteiger partial charge in [0.1, 0.15) is 5.41 Å². The summed E-state index contributed by atoms with van der Waals surface area (Å²) in [5.74, 6) is 1.12. The minimum absolute atomic E-state index is 0.0416. The first kappa shape index (κ1) is 15.4. The zero-order valence-corrected chi connectivity index (χ0v) is 15.0. The van der Waals surface area contributed by atoms with E-state index in [1.807, 2.05) is 0 Å². The van der Waals surface area contributed by atoms with Crippen LogP contribution in [0.5, 0.6) is 0 Å². The van der Waals surface area contributed by atoms with Gasteiger partial charge in [-0.05, 0) is 42.7 Å². The van der Waals surface area contributed by atoms with Crippen LogP contribution in [0.3, 0.4) is 0 Å². The van der Waals surface area contributed by atoms with Gasteiger partial charge in [0.2, 0.25) is 0 Å². The molecule has 0 amide bonds. The summed E-state index contributed by atoms with van der Waals surface area (Å²) in [6, 6.07) is 8.75. The Morgan fingerprint density at radius 1 is 1.40 bits per heavy atom. The number of ether oxygens (including phenoxy) is 1. The Morgan fingerprint density at radius 3 is 3.04 bits per heavy atom. The molecule has 132 valence electrons. The summed E-state index contributed by atoms with van der Waals surface area (Å²) in [5.41, 5.74) is 3.11. The molecule has 2 saturated heterocycles. The fourth-order valence-corrected chi connectivity index (χ4v) is 6.27. The summed E-state index contributed by atoms with van der Waals surface area (Å²) in [5, 5.41) is 1.28. The highest BCUT2D eigenvalue weighted by molar-refractivity contribution is 5.91. The average Bonchev–Trinajstić information content (AvgIpc) is 3.00. The van der Waals surface area contributed by atoms with E-state index in [-0.39, 0.29) is 12.0 Å². The smallest absolute Gasteiger partial charge is 0.319 e. The summed E-state index contributed by atoms with van der Waals surface area (Å²) in [4.78, 5) is 19.5. The van der Waals surface area contributed by atoms with E-state index in [4.69, 9.17) is 4.74 Å². The molecule has 4 heteroatoms. The molecule has 4 bridgehead atoms. The molecule has 4 aliphatic rings. The van der Waals surface area contributed by atoms with Crippen molar-refractivity contribution in [1.82, 2.24) is 9.88 Å². The Morgan fingerprint density at radius 2 is 2.24 bits per heavy atom. The molecule has 1 aromatic heterocycles. The van der Waals surface area contributed by atoms with Crippen molar-refractivity contribution in [2.24, 2.45) is 11.8 Å². The highest BCUT2D eigenvalue weighted by Gasteiger charge is 2.62. The third-order valence-corrected chi connectivity index (χ3v) is 7.07. The second-order valence-corrected chi connectivity index (χ2v) is 8.15. The van der Waals surface area contributed by atoms with Gasteiger partial charge in [-0.2, -0.15) is 0 Å². The lowest BCUT2D eigenvalue weighted by molar-refractivity contribution is -0.162. The summed E-state index contributed by atoms with van der Waals surface area (Å²) in [6.07, 6.45) is 4.33. The Kier molecular flexibility index (Phi) is 3.30. The largest absolute Gasteiger partial charge is 0.468 e. The Hall–Kier alpha value is -1.81. The van der Waals surface area contributed by atoms with E-state index in [1.54, 1.807) is 7.11 Å². The van der Waals surface area contributed by atoms with Gasteiger partial charge in [0.15, 0.2) is 0 Å². The van der Waals surface area contributed by atoms with Crippen LogP contribution < -0.4 is 0 Å². The number of piperidine rings is 2. The Bertz CT molecular complexity index is 842. The standard InChI is InChI=1S/C21H26N2O2/c1-3-14-10-13-11-21(20(24)25-2)18-16(8-9-23(12-13)19(14)21)15-6-4-5-7-17(15)22-18/h4-7,13-14,19,22H,3,8-12H2,1-2H3/t13-,14-,19+,21-/m1/s1. The van der Waals surface area contributed by atoms with Crippen LogP contribution in [-0.4, -0.2) is 42.1 Å². The molecule has 0 spiro atoms. The number of methoxy groups -OCH3 is 1. The number of esters is 1. The number of carbonyl (C=O) groups excluding carboxylic acids is 1. The first-order valence-electron chi connectivity index (χ1n) is 9.61. The lowest BCUT2D eigenvalue weighted by atomic mass is 9.56. The topological polar surface area (TPSA) is 45.3 Å². The third-order valence-electron chi connectivity index (χ3n) is 7.07. The number of carbonyl (C=O) groups is 1. The number of hydrogen-bond donors (Lipinski definition) is 1. The first-order chi connectivity index (χ1) is 12.2. The van der Waals surface area contributed by atoms with Crippen molar-refractivity contribution in [3.05, 3.63) is 35.5 Å². The number of para-hydroxylation sites is 1. The van der Waals surface area contributed by atoms with Gasteiger partial charge in [0.05, 0.1) is 7.11 Å². The molecule has 1 saturated carbocycles. The van der Waals surface area contributed by atoms with Gasteiger partial charge in [-0.1, -0.05) is 31.5 Å². The van der Waals surface area contributed by atoms with Crippen molar-refractivity contribution in [1.29, 1.82) is 0 Å². The van der Waals surface area contributed by atoms with Crippen LogP contribution in [0.1, 0.15) is 37.4 Å². The van der Waals surface area contributed by atoms with Gasteiger partial charge in [0.25, 0.3) is 0 Å². The number of nitrogens with one attached hydrogen (secondary N) is 1. The first-order valence-corrected chi connectivity index (χ1v) is 9.61. The number of fused-ring (bicyclic) bond motifs is 4. The fraction of sp³-hybridized carbons (Fsp3) is 0.571. The van der Waals surface area contributed by atoms with E-state index >= 15 is 0 Å². The Balaban J connectivity index is 1.81. The fourth-order valence-electron chi connectivity index (χ4n) is 6.27. The van der Waals surface area contributed by atoms with Crippen LogP contribution in [0.15, 0.2) is 24.3 Å². The average molecular weight is 338 g/mol. The van der Waals surface area contributed by atoms with E-state index in [1.165, 1.54) is 17.4 Å². The van der Waals surface area contributed by atoms with Crippen molar-refractivity contribution in [2.75, 3.05) is 20.2 Å². The van der Waals surface area contributed by atoms with Crippen LogP contribution in [0, 0.1) is 11.8 Å². The van der Waals surface area contributed by atoms with Crippen LogP contribution >= 0.6 is 0 Å². The lowest BCUT2D eigenvalue weighted by Gasteiger charge is -2.57. The number of nitrogens with zero attached hydrogens (tertiary/aromatic N) is 1. The minimum Gasteiger partial charge on any atom is -0.468 e. The number of hydrogen-bond acceptors (Lipinski definition) is 3. The van der Waals surface area contributed by atoms with Crippen molar-refractivity contribution < 1.29 is 9.53 Å². The quantitative estimate of drug-likeness (QED) is 0.855. The van der Waals surface area contributed by atoms with Crippen LogP contribution in [-0.2, 0) is 21.4 Å². The molecule has 6 rings (SSSR count). The van der Waals surface area contributed by atoms with Crippen molar-refractivity contribution in [2.45, 2.75) is 44.1 Å². The zero-order valence-electron chi connectivity index (χ0n) is 15.0. The van der Waals surface area contributed by atoms with E-state index in [0.29, 0.717) is 11.8 Å². The number of H-pyrrole nitrogens is 1. The van der Waals surface area contributed by atoms with Gasteiger partial charge in [-0.25, -0.2) is 0 Å². The Labute approximate surface area is 148 Å².